The molecule has 0 atom stereocenters. The van der Waals surface area contributed by atoms with Crippen LogP contribution in [-0.2, 0) is 9.59 Å². The van der Waals surface area contributed by atoms with Crippen molar-refractivity contribution in [3.05, 3.63) is 0 Å². The molecule has 0 spiro atoms. The molecule has 0 heterocycles. The molecule has 4 nitrogen and oxygen atoms in total. The summed E-state index contributed by atoms with van der Waals surface area (Å²) in [5.41, 5.74) is -1.11. The molecule has 1 saturated carbocycles. The van der Waals surface area contributed by atoms with Crippen molar-refractivity contribution in [1.29, 1.82) is 0 Å². The normalized spacial score (nSPS) is 18.7. The third-order valence-electron chi connectivity index (χ3n) is 3.74. The van der Waals surface area contributed by atoms with Gasteiger partial charge in [0.1, 0.15) is 5.41 Å². The van der Waals surface area contributed by atoms with Gasteiger partial charge < -0.3 is 10.4 Å². The lowest BCUT2D eigenvalue weighted by Crippen LogP contribution is -2.52. The molecule has 1 rings (SSSR count). The molecule has 16 heavy (non-hydrogen) atoms. The minimum absolute atomic E-state index is 0.0269. The molecule has 0 bridgehead atoms. The fraction of sp³-hybridized carbons (Fsp3) is 0.833. The van der Waals surface area contributed by atoms with E-state index in [1.807, 2.05) is 0 Å². The smallest absolute Gasteiger partial charge is 0.319 e. The van der Waals surface area contributed by atoms with Gasteiger partial charge in [0.05, 0.1) is 0 Å². The molecule has 0 unspecified atom stereocenters. The van der Waals surface area contributed by atoms with Gasteiger partial charge in [-0.15, -0.1) is 0 Å². The van der Waals surface area contributed by atoms with Crippen molar-refractivity contribution in [2.45, 2.75) is 46.5 Å². The summed E-state index contributed by atoms with van der Waals surface area (Å²) in [6.45, 7) is 6.71. The number of rotatable bonds is 5. The summed E-state index contributed by atoms with van der Waals surface area (Å²) in [6, 6.07) is 0. The first kappa shape index (κ1) is 13.0. The highest BCUT2D eigenvalue weighted by molar-refractivity contribution is 6.02. The van der Waals surface area contributed by atoms with Crippen LogP contribution in [0.25, 0.3) is 0 Å². The van der Waals surface area contributed by atoms with Crippen molar-refractivity contribution in [2.75, 3.05) is 6.54 Å². The molecular formula is C12H21NO3. The van der Waals surface area contributed by atoms with Crippen LogP contribution in [0.1, 0.15) is 46.5 Å². The lowest BCUT2D eigenvalue weighted by molar-refractivity contribution is -0.162. The second-order valence-electron chi connectivity index (χ2n) is 5.44. The van der Waals surface area contributed by atoms with Crippen LogP contribution >= 0.6 is 0 Å². The van der Waals surface area contributed by atoms with Gasteiger partial charge in [0, 0.05) is 6.54 Å². The Morgan fingerprint density at radius 3 is 2.25 bits per heavy atom. The SMILES string of the molecule is CCC(C)(C)CNC(=O)C1(C(=O)O)CCC1. The largest absolute Gasteiger partial charge is 0.480 e. The van der Waals surface area contributed by atoms with Crippen LogP contribution < -0.4 is 5.32 Å². The summed E-state index contributed by atoms with van der Waals surface area (Å²) in [7, 11) is 0. The fourth-order valence-electron chi connectivity index (χ4n) is 1.68. The average Bonchev–Trinajstić information content (AvgIpc) is 2.12. The van der Waals surface area contributed by atoms with Crippen LogP contribution in [0.4, 0.5) is 0 Å². The Morgan fingerprint density at radius 1 is 1.38 bits per heavy atom. The van der Waals surface area contributed by atoms with Crippen molar-refractivity contribution < 1.29 is 14.7 Å². The van der Waals surface area contributed by atoms with Gasteiger partial charge >= 0.3 is 5.97 Å². The Morgan fingerprint density at radius 2 is 1.94 bits per heavy atom. The lowest BCUT2D eigenvalue weighted by atomic mass is 9.68. The van der Waals surface area contributed by atoms with E-state index in [0.29, 0.717) is 19.4 Å². The molecule has 4 heteroatoms. The molecule has 1 aliphatic rings. The number of carbonyl (C=O) groups excluding carboxylic acids is 1. The summed E-state index contributed by atoms with van der Waals surface area (Å²) >= 11 is 0. The van der Waals surface area contributed by atoms with Gasteiger partial charge in [-0.25, -0.2) is 0 Å². The summed E-state index contributed by atoms with van der Waals surface area (Å²) in [5, 5.41) is 11.9. The van der Waals surface area contributed by atoms with Crippen LogP contribution in [0.3, 0.4) is 0 Å². The molecule has 0 aromatic carbocycles. The zero-order chi connectivity index (χ0) is 12.4. The van der Waals surface area contributed by atoms with E-state index in [0.717, 1.165) is 12.8 Å². The molecule has 0 aromatic heterocycles. The Labute approximate surface area is 96.4 Å². The van der Waals surface area contributed by atoms with E-state index in [4.69, 9.17) is 5.11 Å². The Bertz CT molecular complexity index is 293. The first-order valence-corrected chi connectivity index (χ1v) is 5.86. The summed E-state index contributed by atoms with van der Waals surface area (Å²) in [6.07, 6.45) is 2.73. The lowest BCUT2D eigenvalue weighted by Gasteiger charge is -2.37. The van der Waals surface area contributed by atoms with Crippen LogP contribution in [-0.4, -0.2) is 23.5 Å². The Balaban J connectivity index is 2.55. The molecule has 1 aliphatic carbocycles. The van der Waals surface area contributed by atoms with Gasteiger partial charge in [-0.2, -0.15) is 0 Å². The van der Waals surface area contributed by atoms with Crippen molar-refractivity contribution in [1.82, 2.24) is 5.32 Å². The minimum atomic E-state index is -1.14. The maximum Gasteiger partial charge on any atom is 0.319 e. The van der Waals surface area contributed by atoms with E-state index in [-0.39, 0.29) is 11.3 Å². The molecule has 1 fully saturated rings. The highest BCUT2D eigenvalue weighted by atomic mass is 16.4. The number of amides is 1. The molecule has 0 radical (unpaired) electrons. The van der Waals surface area contributed by atoms with Crippen LogP contribution in [0.2, 0.25) is 0 Å². The topological polar surface area (TPSA) is 66.4 Å². The maximum absolute atomic E-state index is 11.9. The minimum Gasteiger partial charge on any atom is -0.480 e. The first-order valence-electron chi connectivity index (χ1n) is 5.86. The van der Waals surface area contributed by atoms with Gasteiger partial charge in [0.25, 0.3) is 0 Å². The standard InChI is InChI=1S/C12H21NO3/c1-4-11(2,3)8-13-9(14)12(10(15)16)6-5-7-12/h4-8H2,1-3H3,(H,13,14)(H,15,16). The molecule has 0 aliphatic heterocycles. The number of carboxylic acids is 1. The molecule has 92 valence electrons. The Hall–Kier alpha value is -1.06. The highest BCUT2D eigenvalue weighted by Gasteiger charge is 2.51. The maximum atomic E-state index is 11.9. The van der Waals surface area contributed by atoms with Gasteiger partial charge in [-0.05, 0) is 24.7 Å². The van der Waals surface area contributed by atoms with Crippen LogP contribution in [0.15, 0.2) is 0 Å². The van der Waals surface area contributed by atoms with E-state index in [2.05, 4.69) is 26.1 Å². The van der Waals surface area contributed by atoms with Gasteiger partial charge in [0.2, 0.25) is 5.91 Å². The summed E-state index contributed by atoms with van der Waals surface area (Å²) < 4.78 is 0. The second-order valence-corrected chi connectivity index (χ2v) is 5.44. The monoisotopic (exact) mass is 227 g/mol. The number of carbonyl (C=O) groups is 2. The molecule has 0 aromatic rings. The van der Waals surface area contributed by atoms with E-state index in [1.54, 1.807) is 0 Å². The number of aliphatic carboxylic acids is 1. The van der Waals surface area contributed by atoms with Crippen LogP contribution in [0.5, 0.6) is 0 Å². The number of hydrogen-bond donors (Lipinski definition) is 2. The third kappa shape index (κ3) is 2.36. The Kier molecular flexibility index (Phi) is 3.61. The van der Waals surface area contributed by atoms with E-state index in [9.17, 15) is 9.59 Å². The van der Waals surface area contributed by atoms with E-state index >= 15 is 0 Å². The van der Waals surface area contributed by atoms with E-state index < -0.39 is 11.4 Å². The van der Waals surface area contributed by atoms with E-state index in [1.165, 1.54) is 0 Å². The highest BCUT2D eigenvalue weighted by Crippen LogP contribution is 2.41. The quantitative estimate of drug-likeness (QED) is 0.704. The first-order chi connectivity index (χ1) is 7.34. The number of nitrogens with one attached hydrogen (secondary N) is 1. The van der Waals surface area contributed by atoms with Crippen molar-refractivity contribution in [3.63, 3.8) is 0 Å². The van der Waals surface area contributed by atoms with Crippen molar-refractivity contribution >= 4 is 11.9 Å². The number of hydrogen-bond acceptors (Lipinski definition) is 2. The van der Waals surface area contributed by atoms with Crippen molar-refractivity contribution in [3.8, 4) is 0 Å². The zero-order valence-electron chi connectivity index (χ0n) is 10.3. The summed E-state index contributed by atoms with van der Waals surface area (Å²) in [5.74, 6) is -1.29. The third-order valence-corrected chi connectivity index (χ3v) is 3.74. The van der Waals surface area contributed by atoms with Crippen molar-refractivity contribution in [2.24, 2.45) is 10.8 Å². The van der Waals surface area contributed by atoms with Crippen LogP contribution in [0, 0.1) is 10.8 Å². The molecule has 1 amide bonds. The zero-order valence-corrected chi connectivity index (χ0v) is 10.3. The van der Waals surface area contributed by atoms with Gasteiger partial charge in [-0.1, -0.05) is 27.2 Å². The predicted molar refractivity (Wildman–Crippen MR) is 61.0 cm³/mol. The van der Waals surface area contributed by atoms with Gasteiger partial charge in [-0.3, -0.25) is 9.59 Å². The average molecular weight is 227 g/mol. The van der Waals surface area contributed by atoms with Gasteiger partial charge in [0.15, 0.2) is 0 Å². The summed E-state index contributed by atoms with van der Waals surface area (Å²) in [4.78, 5) is 22.9. The number of carboxylic acid groups (broad SMARTS) is 1. The molecule has 0 saturated heterocycles. The second kappa shape index (κ2) is 4.44. The fourth-order valence-corrected chi connectivity index (χ4v) is 1.68. The predicted octanol–water partition coefficient (Wildman–Crippen LogP) is 1.79. The molecular weight excluding hydrogens is 206 g/mol. The molecule has 2 N–H and O–H groups in total.